The number of morpholine rings is 1. The van der Waals surface area contributed by atoms with Crippen LogP contribution >= 0.6 is 0 Å². The maximum atomic E-state index is 5.87. The van der Waals surface area contributed by atoms with Gasteiger partial charge in [-0.2, -0.15) is 0 Å². The van der Waals surface area contributed by atoms with E-state index in [-0.39, 0.29) is 0 Å². The number of hydrogen-bond donors (Lipinski definition) is 0. The zero-order chi connectivity index (χ0) is 10.2. The highest BCUT2D eigenvalue weighted by Crippen LogP contribution is 2.32. The van der Waals surface area contributed by atoms with Crippen molar-refractivity contribution in [2.75, 3.05) is 13.2 Å². The molecule has 0 aromatic heterocycles. The zero-order valence-corrected chi connectivity index (χ0v) is 9.75. The highest BCUT2D eigenvalue weighted by Gasteiger charge is 2.38. The van der Waals surface area contributed by atoms with Crippen molar-refractivity contribution in [3.8, 4) is 0 Å². The van der Waals surface area contributed by atoms with E-state index in [0.29, 0.717) is 17.7 Å². The average molecular weight is 197 g/mol. The molecular formula is C12H23NO. The van der Waals surface area contributed by atoms with Gasteiger partial charge in [0.1, 0.15) is 0 Å². The first-order valence-corrected chi connectivity index (χ1v) is 5.97. The number of fused-ring (bicyclic) bond motifs is 1. The Labute approximate surface area is 87.6 Å². The fourth-order valence-corrected chi connectivity index (χ4v) is 2.93. The van der Waals surface area contributed by atoms with Gasteiger partial charge in [0, 0.05) is 18.1 Å². The SMILES string of the molecule is CC(C)(C)N1CCO[C@H]2CCCC[C@@H]21. The van der Waals surface area contributed by atoms with Gasteiger partial charge in [0.05, 0.1) is 12.7 Å². The summed E-state index contributed by atoms with van der Waals surface area (Å²) < 4.78 is 5.87. The predicted molar refractivity (Wildman–Crippen MR) is 58.5 cm³/mol. The fourth-order valence-electron chi connectivity index (χ4n) is 2.93. The Kier molecular flexibility index (Phi) is 2.85. The summed E-state index contributed by atoms with van der Waals surface area (Å²) in [6.07, 6.45) is 5.88. The predicted octanol–water partition coefficient (Wildman–Crippen LogP) is 2.43. The monoisotopic (exact) mass is 197 g/mol. The van der Waals surface area contributed by atoms with Crippen molar-refractivity contribution in [3.05, 3.63) is 0 Å². The Morgan fingerprint density at radius 2 is 1.86 bits per heavy atom. The highest BCUT2D eigenvalue weighted by atomic mass is 16.5. The lowest BCUT2D eigenvalue weighted by Crippen LogP contribution is -2.59. The minimum absolute atomic E-state index is 0.310. The van der Waals surface area contributed by atoms with Crippen LogP contribution < -0.4 is 0 Å². The van der Waals surface area contributed by atoms with Gasteiger partial charge in [-0.05, 0) is 33.6 Å². The Balaban J connectivity index is 2.09. The number of hydrogen-bond acceptors (Lipinski definition) is 2. The third-order valence-corrected chi connectivity index (χ3v) is 3.59. The molecule has 0 aromatic carbocycles. The van der Waals surface area contributed by atoms with Crippen molar-refractivity contribution >= 4 is 0 Å². The van der Waals surface area contributed by atoms with Gasteiger partial charge in [-0.25, -0.2) is 0 Å². The minimum atomic E-state index is 0.310. The van der Waals surface area contributed by atoms with E-state index in [4.69, 9.17) is 4.74 Å². The molecule has 1 aliphatic heterocycles. The van der Waals surface area contributed by atoms with Crippen molar-refractivity contribution < 1.29 is 4.74 Å². The number of nitrogens with zero attached hydrogens (tertiary/aromatic N) is 1. The first-order valence-electron chi connectivity index (χ1n) is 5.97. The molecule has 14 heavy (non-hydrogen) atoms. The molecule has 2 atom stereocenters. The molecule has 2 rings (SSSR count). The molecule has 1 saturated carbocycles. The van der Waals surface area contributed by atoms with Gasteiger partial charge in [0.15, 0.2) is 0 Å². The molecule has 0 N–H and O–H groups in total. The molecule has 2 aliphatic rings. The second-order valence-corrected chi connectivity index (χ2v) is 5.63. The molecule has 0 aromatic rings. The van der Waals surface area contributed by atoms with Gasteiger partial charge in [0.2, 0.25) is 0 Å². The summed E-state index contributed by atoms with van der Waals surface area (Å²) in [6.45, 7) is 9.01. The van der Waals surface area contributed by atoms with Crippen LogP contribution in [-0.4, -0.2) is 35.7 Å². The second-order valence-electron chi connectivity index (χ2n) is 5.63. The van der Waals surface area contributed by atoms with Crippen LogP contribution in [0.25, 0.3) is 0 Å². The Morgan fingerprint density at radius 1 is 1.14 bits per heavy atom. The van der Waals surface area contributed by atoms with E-state index in [2.05, 4.69) is 25.7 Å². The molecule has 2 fully saturated rings. The summed E-state index contributed by atoms with van der Waals surface area (Å²) in [5.74, 6) is 0. The highest BCUT2D eigenvalue weighted by molar-refractivity contribution is 4.92. The van der Waals surface area contributed by atoms with E-state index in [1.54, 1.807) is 0 Å². The molecule has 1 aliphatic carbocycles. The third-order valence-electron chi connectivity index (χ3n) is 3.59. The lowest BCUT2D eigenvalue weighted by molar-refractivity contribution is -0.116. The summed E-state index contributed by atoms with van der Waals surface area (Å²) in [6, 6.07) is 0.692. The summed E-state index contributed by atoms with van der Waals surface area (Å²) in [4.78, 5) is 2.65. The molecule has 0 amide bonds. The van der Waals surface area contributed by atoms with E-state index in [1.807, 2.05) is 0 Å². The first kappa shape index (κ1) is 10.4. The van der Waals surface area contributed by atoms with E-state index in [1.165, 1.54) is 25.7 Å². The summed E-state index contributed by atoms with van der Waals surface area (Å²) >= 11 is 0. The lowest BCUT2D eigenvalue weighted by Gasteiger charge is -2.49. The van der Waals surface area contributed by atoms with Crippen molar-refractivity contribution in [1.29, 1.82) is 0 Å². The molecule has 2 heteroatoms. The van der Waals surface area contributed by atoms with Crippen LogP contribution in [0.3, 0.4) is 0 Å². The van der Waals surface area contributed by atoms with Crippen LogP contribution in [0.2, 0.25) is 0 Å². The maximum Gasteiger partial charge on any atom is 0.0731 e. The standard InChI is InChI=1S/C12H23NO/c1-12(2,3)13-8-9-14-11-7-5-4-6-10(11)13/h10-11H,4-9H2,1-3H3/t10-,11-/m0/s1. The van der Waals surface area contributed by atoms with Gasteiger partial charge in [-0.3, -0.25) is 4.90 Å². The quantitative estimate of drug-likeness (QED) is 0.591. The van der Waals surface area contributed by atoms with E-state index < -0.39 is 0 Å². The van der Waals surface area contributed by atoms with E-state index in [9.17, 15) is 0 Å². The average Bonchev–Trinajstić information content (AvgIpc) is 2.15. The smallest absolute Gasteiger partial charge is 0.0731 e. The van der Waals surface area contributed by atoms with Gasteiger partial charge >= 0.3 is 0 Å². The van der Waals surface area contributed by atoms with Gasteiger partial charge < -0.3 is 4.74 Å². The normalized spacial score (nSPS) is 35.4. The minimum Gasteiger partial charge on any atom is -0.375 e. The van der Waals surface area contributed by atoms with Gasteiger partial charge in [0.25, 0.3) is 0 Å². The van der Waals surface area contributed by atoms with Crippen LogP contribution in [0.5, 0.6) is 0 Å². The van der Waals surface area contributed by atoms with Crippen molar-refractivity contribution in [2.24, 2.45) is 0 Å². The molecule has 1 heterocycles. The Morgan fingerprint density at radius 3 is 2.57 bits per heavy atom. The lowest BCUT2D eigenvalue weighted by atomic mass is 9.87. The molecule has 0 spiro atoms. The van der Waals surface area contributed by atoms with Crippen LogP contribution in [0.4, 0.5) is 0 Å². The summed E-state index contributed by atoms with van der Waals surface area (Å²) in [5, 5.41) is 0. The molecule has 1 saturated heterocycles. The van der Waals surface area contributed by atoms with Crippen LogP contribution in [0.15, 0.2) is 0 Å². The molecular weight excluding hydrogens is 174 g/mol. The third kappa shape index (κ3) is 1.96. The van der Waals surface area contributed by atoms with Crippen LogP contribution in [0.1, 0.15) is 46.5 Å². The van der Waals surface area contributed by atoms with Crippen LogP contribution in [0, 0.1) is 0 Å². The van der Waals surface area contributed by atoms with Gasteiger partial charge in [-0.1, -0.05) is 12.8 Å². The van der Waals surface area contributed by atoms with Crippen molar-refractivity contribution in [1.82, 2.24) is 4.90 Å². The molecule has 0 unspecified atom stereocenters. The molecule has 0 radical (unpaired) electrons. The number of rotatable bonds is 0. The Bertz CT molecular complexity index is 195. The van der Waals surface area contributed by atoms with Crippen LogP contribution in [-0.2, 0) is 4.74 Å². The van der Waals surface area contributed by atoms with Gasteiger partial charge in [-0.15, -0.1) is 0 Å². The van der Waals surface area contributed by atoms with Crippen molar-refractivity contribution in [2.45, 2.75) is 64.1 Å². The van der Waals surface area contributed by atoms with E-state index in [0.717, 1.165) is 13.2 Å². The molecule has 82 valence electrons. The molecule has 2 nitrogen and oxygen atoms in total. The summed E-state index contributed by atoms with van der Waals surface area (Å²) in [7, 11) is 0. The summed E-state index contributed by atoms with van der Waals surface area (Å²) in [5.41, 5.74) is 0.310. The largest absolute Gasteiger partial charge is 0.375 e. The number of ether oxygens (including phenoxy) is 1. The topological polar surface area (TPSA) is 12.5 Å². The zero-order valence-electron chi connectivity index (χ0n) is 9.75. The van der Waals surface area contributed by atoms with Crippen molar-refractivity contribution in [3.63, 3.8) is 0 Å². The first-order chi connectivity index (χ1) is 6.59. The fraction of sp³-hybridized carbons (Fsp3) is 1.00. The van der Waals surface area contributed by atoms with E-state index >= 15 is 0 Å². The molecule has 0 bridgehead atoms. The Hall–Kier alpha value is -0.0800. The second kappa shape index (κ2) is 3.82. The maximum absolute atomic E-state index is 5.87.